The van der Waals surface area contributed by atoms with Crippen molar-refractivity contribution in [3.63, 3.8) is 0 Å². The third kappa shape index (κ3) is 52.8. The van der Waals surface area contributed by atoms with Crippen molar-refractivity contribution >= 4 is 82.9 Å². The molecule has 0 radical (unpaired) electrons. The van der Waals surface area contributed by atoms with E-state index in [1.807, 2.05) is 185 Å². The molecule has 0 saturated heterocycles. The number of hydrogen-bond donors (Lipinski definition) is 4. The van der Waals surface area contributed by atoms with Crippen LogP contribution in [0.2, 0.25) is 0 Å². The summed E-state index contributed by atoms with van der Waals surface area (Å²) in [4.78, 5) is -0.726. The van der Waals surface area contributed by atoms with E-state index in [0.717, 1.165) is 33.4 Å². The summed E-state index contributed by atoms with van der Waals surface area (Å²) in [6.45, 7) is 46.8. The van der Waals surface area contributed by atoms with Crippen LogP contribution in [0.15, 0.2) is 189 Å². The van der Waals surface area contributed by atoms with Crippen LogP contribution in [0.3, 0.4) is 0 Å². The molecule has 8 aromatic rings. The number of benzene rings is 8. The maximum absolute atomic E-state index is 11.5. The van der Waals surface area contributed by atoms with Gasteiger partial charge in [0.1, 0.15) is 9.79 Å². The molecule has 0 bridgehead atoms. The standard InChI is InChI=1S/C14H14O6S2.2C14H14O3S.C14H14.8C2H6.4O3S/c1-9-3-6-12(14(7-9)22(18,19)20)11-5-4-10(2)13(8-11)21(15,16)17;1-10-3-6-12(7-4-10)13-8-5-11(2)14(9-13)18(15,16)17;1-10-3-6-12(7-4-10)13-8-5-11(2)9-14(13)18(15,16)17;1-11-3-7-13(8-4-11)14-9-5-12(2)6-10-14;8*1-2;4*1-4(2)3/h3-8H,1-2H3,(H,15,16,17)(H,18,19,20);2*3-9H,1-2H3,(H,15,16,17);3-10H,1-2H3;8*1-2H3;;;;. The van der Waals surface area contributed by atoms with Crippen LogP contribution >= 0.6 is 0 Å². The van der Waals surface area contributed by atoms with Gasteiger partial charge in [-0.3, -0.25) is 18.2 Å². The van der Waals surface area contributed by atoms with Crippen molar-refractivity contribution in [1.29, 1.82) is 0 Å². The minimum absolute atomic E-state index is 0.0411. The first-order valence-electron chi connectivity index (χ1n) is 32.1. The molecule has 8 aromatic carbocycles. The quantitative estimate of drug-likeness (QED) is 0.103. The second kappa shape index (κ2) is 62.3. The van der Waals surface area contributed by atoms with E-state index in [1.165, 1.54) is 71.6 Å². The molecule has 0 aliphatic rings. The van der Waals surface area contributed by atoms with Crippen molar-refractivity contribution in [3.05, 3.63) is 214 Å². The highest BCUT2D eigenvalue weighted by Crippen LogP contribution is 2.32. The molecule has 584 valence electrons. The third-order valence-electron chi connectivity index (χ3n) is 11.3. The Labute approximate surface area is 625 Å². The van der Waals surface area contributed by atoms with Gasteiger partial charge in [0.25, 0.3) is 40.5 Å². The second-order valence-corrected chi connectivity index (χ2v) is 25.3. The highest BCUT2D eigenvalue weighted by Gasteiger charge is 2.21. The second-order valence-electron chi connectivity index (χ2n) is 18.1. The van der Waals surface area contributed by atoms with E-state index in [1.54, 1.807) is 39.0 Å². The van der Waals surface area contributed by atoms with E-state index in [0.29, 0.717) is 22.3 Å². The zero-order valence-corrected chi connectivity index (χ0v) is 69.9. The van der Waals surface area contributed by atoms with Gasteiger partial charge in [0.05, 0.1) is 9.79 Å². The third-order valence-corrected chi connectivity index (χ3v) is 15.0. The zero-order valence-electron chi connectivity index (χ0n) is 63.4. The van der Waals surface area contributed by atoms with E-state index >= 15 is 0 Å². The largest absolute Gasteiger partial charge is 0.425 e. The molecule has 0 spiro atoms. The molecule has 32 heteroatoms. The van der Waals surface area contributed by atoms with Crippen LogP contribution < -0.4 is 0 Å². The summed E-state index contributed by atoms with van der Waals surface area (Å²) in [6, 6.07) is 51.1. The summed E-state index contributed by atoms with van der Waals surface area (Å²) >= 11 is 0. The minimum atomic E-state index is -4.47. The van der Waals surface area contributed by atoms with Gasteiger partial charge in [0.15, 0.2) is 0 Å². The Morgan fingerprint density at radius 1 is 0.202 bits per heavy atom. The summed E-state index contributed by atoms with van der Waals surface area (Å²) in [5, 5.41) is 0. The van der Waals surface area contributed by atoms with Crippen LogP contribution in [0.5, 0.6) is 0 Å². The lowest BCUT2D eigenvalue weighted by Gasteiger charge is -2.11. The first-order chi connectivity index (χ1) is 48.4. The molecule has 0 heterocycles. The van der Waals surface area contributed by atoms with Crippen LogP contribution in [0.25, 0.3) is 44.5 Å². The Morgan fingerprint density at radius 2 is 0.365 bits per heavy atom. The van der Waals surface area contributed by atoms with E-state index in [9.17, 15) is 47.3 Å². The minimum Gasteiger partial charge on any atom is -0.282 e. The van der Waals surface area contributed by atoms with Crippen molar-refractivity contribution in [2.45, 2.75) is 186 Å². The lowest BCUT2D eigenvalue weighted by Crippen LogP contribution is -2.04. The first kappa shape index (κ1) is 112. The average Bonchev–Trinajstić information content (AvgIpc) is 0.799. The monoisotopic (exact) mass is 1610 g/mol. The van der Waals surface area contributed by atoms with E-state index in [-0.39, 0.29) is 30.7 Å². The van der Waals surface area contributed by atoms with Crippen LogP contribution in [-0.2, 0) is 82.9 Å². The fraction of sp³-hybridized carbons (Fsp3) is 0.333. The summed E-state index contributed by atoms with van der Waals surface area (Å²) in [5.41, 5.74) is 13.1. The molecule has 104 heavy (non-hydrogen) atoms. The average molecular weight is 1610 g/mol. The predicted molar refractivity (Wildman–Crippen MR) is 414 cm³/mol. The lowest BCUT2D eigenvalue weighted by molar-refractivity contribution is 0.480. The van der Waals surface area contributed by atoms with Crippen molar-refractivity contribution in [3.8, 4) is 44.5 Å². The van der Waals surface area contributed by atoms with Crippen molar-refractivity contribution in [2.75, 3.05) is 0 Å². The molecular formula is C72H104O24S8. The van der Waals surface area contributed by atoms with Gasteiger partial charge in [-0.15, -0.1) is 50.5 Å². The van der Waals surface area contributed by atoms with Crippen LogP contribution in [0, 0.1) is 55.4 Å². The van der Waals surface area contributed by atoms with E-state index in [2.05, 4.69) is 62.4 Å². The van der Waals surface area contributed by atoms with Gasteiger partial charge in [-0.25, -0.2) is 0 Å². The molecule has 4 N–H and O–H groups in total. The molecule has 0 unspecified atom stereocenters. The van der Waals surface area contributed by atoms with Gasteiger partial charge in [-0.2, -0.15) is 33.7 Å². The number of hydrogen-bond acceptors (Lipinski definition) is 20. The normalized spacial score (nSPS) is 9.35. The molecule has 0 saturated carbocycles. The van der Waals surface area contributed by atoms with Gasteiger partial charge in [-0.1, -0.05) is 279 Å². The fourth-order valence-corrected chi connectivity index (χ4v) is 10.3. The van der Waals surface area contributed by atoms with Crippen LogP contribution in [0.4, 0.5) is 0 Å². The molecule has 24 nitrogen and oxygen atoms in total. The van der Waals surface area contributed by atoms with Crippen molar-refractivity contribution in [2.24, 2.45) is 0 Å². The van der Waals surface area contributed by atoms with E-state index in [4.69, 9.17) is 55.1 Å². The summed E-state index contributed by atoms with van der Waals surface area (Å²) in [5.74, 6) is 0. The maximum Gasteiger partial charge on any atom is 0.425 e. The molecule has 0 aliphatic carbocycles. The molecule has 0 amide bonds. The number of rotatable bonds is 8. The smallest absolute Gasteiger partial charge is 0.282 e. The van der Waals surface area contributed by atoms with Gasteiger partial charge in [-0.05, 0) is 135 Å². The molecular weight excluding hydrogens is 1510 g/mol. The lowest BCUT2D eigenvalue weighted by atomic mass is 10.0. The topological polar surface area (TPSA) is 422 Å². The van der Waals surface area contributed by atoms with Crippen LogP contribution in [-0.4, -0.2) is 102 Å². The molecule has 0 atom stereocenters. The molecule has 0 aliphatic heterocycles. The van der Waals surface area contributed by atoms with Crippen molar-refractivity contribution < 1.29 is 102 Å². The highest BCUT2D eigenvalue weighted by molar-refractivity contribution is 7.86. The summed E-state index contributed by atoms with van der Waals surface area (Å²) in [7, 11) is -29.7. The number of aryl methyl sites for hydroxylation is 8. The fourth-order valence-electron chi connectivity index (χ4n) is 7.24. The molecule has 0 aromatic heterocycles. The SMILES string of the molecule is CC.CC.CC.CC.CC.CC.CC.CC.Cc1ccc(-c2ccc(C)c(S(=O)(=O)O)c2)c(S(=O)(=O)O)c1.Cc1ccc(-c2ccc(C)c(S(=O)(=O)O)c2)cc1.Cc1ccc(-c2ccc(C)cc2)cc1.Cc1ccc(-c2ccc(C)cc2S(=O)(=O)O)cc1.O=S(=O)=O.O=S(=O)=O.O=S(=O)=O.O=S(=O)=O. The Morgan fingerprint density at radius 3 is 0.587 bits per heavy atom. The van der Waals surface area contributed by atoms with Gasteiger partial charge in [0.2, 0.25) is 0 Å². The van der Waals surface area contributed by atoms with E-state index < -0.39 is 82.9 Å². The van der Waals surface area contributed by atoms with Gasteiger partial charge in [0, 0.05) is 11.1 Å². The zero-order chi connectivity index (χ0) is 83.7. The first-order valence-corrected chi connectivity index (χ1v) is 41.9. The van der Waals surface area contributed by atoms with Crippen molar-refractivity contribution in [1.82, 2.24) is 0 Å². The highest BCUT2D eigenvalue weighted by atomic mass is 32.2. The maximum atomic E-state index is 11.5. The Balaban J connectivity index is -0.000000174. The molecule has 0 fully saturated rings. The summed E-state index contributed by atoms with van der Waals surface area (Å²) < 4.78 is 229. The Kier molecular flexibility index (Phi) is 66.9. The summed E-state index contributed by atoms with van der Waals surface area (Å²) in [6.07, 6.45) is 0. The Bertz CT molecular complexity index is 4510. The van der Waals surface area contributed by atoms with Gasteiger partial charge < -0.3 is 0 Å². The molecule has 8 rings (SSSR count). The Hall–Kier alpha value is -8.12. The van der Waals surface area contributed by atoms with Gasteiger partial charge >= 0.3 is 42.4 Å². The van der Waals surface area contributed by atoms with Crippen LogP contribution in [0.1, 0.15) is 155 Å². The predicted octanol–water partition coefficient (Wildman–Crippen LogP) is 17.1.